The summed E-state index contributed by atoms with van der Waals surface area (Å²) in [6.07, 6.45) is 2.24. The molecular weight excluding hydrogens is 416 g/mol. The van der Waals surface area contributed by atoms with Gasteiger partial charge in [0.2, 0.25) is 0 Å². The van der Waals surface area contributed by atoms with Crippen molar-refractivity contribution in [1.29, 1.82) is 0 Å². The summed E-state index contributed by atoms with van der Waals surface area (Å²) in [6.45, 7) is 0.396. The van der Waals surface area contributed by atoms with Crippen molar-refractivity contribution in [1.82, 2.24) is 4.98 Å². The third kappa shape index (κ3) is 3.58. The monoisotopic (exact) mass is 440 g/mol. The fourth-order valence-corrected chi connectivity index (χ4v) is 4.60. The predicted molar refractivity (Wildman–Crippen MR) is 127 cm³/mol. The number of amides is 1. The van der Waals surface area contributed by atoms with Crippen molar-refractivity contribution in [3.8, 4) is 5.75 Å². The zero-order chi connectivity index (χ0) is 23.0. The SMILES string of the molecule is COc1cccc(C(=O)CC2(O)C(=O)N(CCc3c[nH]c4ccccc34)c3ccccc32)c1. The topological polar surface area (TPSA) is 82.6 Å². The molecule has 3 aromatic carbocycles. The van der Waals surface area contributed by atoms with Crippen LogP contribution in [0.1, 0.15) is 27.9 Å². The second kappa shape index (κ2) is 8.22. The van der Waals surface area contributed by atoms with E-state index in [9.17, 15) is 14.7 Å². The summed E-state index contributed by atoms with van der Waals surface area (Å²) in [7, 11) is 1.53. The molecule has 2 N–H and O–H groups in total. The van der Waals surface area contributed by atoms with E-state index in [1.54, 1.807) is 41.3 Å². The molecule has 0 fully saturated rings. The number of H-pyrrole nitrogens is 1. The molecule has 1 aromatic heterocycles. The second-order valence-corrected chi connectivity index (χ2v) is 8.28. The minimum absolute atomic E-state index is 0.321. The Kier molecular flexibility index (Phi) is 5.23. The zero-order valence-electron chi connectivity index (χ0n) is 18.2. The number of ether oxygens (including phenoxy) is 1. The molecular formula is C27H24N2O4. The van der Waals surface area contributed by atoms with Crippen LogP contribution in [0.15, 0.2) is 79.0 Å². The molecule has 166 valence electrons. The Bertz CT molecular complexity index is 1360. The van der Waals surface area contributed by atoms with Crippen LogP contribution in [0.2, 0.25) is 0 Å². The highest BCUT2D eigenvalue weighted by Gasteiger charge is 2.50. The maximum atomic E-state index is 13.5. The quantitative estimate of drug-likeness (QED) is 0.422. The molecule has 0 bridgehead atoms. The Morgan fingerprint density at radius 2 is 1.85 bits per heavy atom. The molecule has 0 radical (unpaired) electrons. The predicted octanol–water partition coefficient (Wildman–Crippen LogP) is 4.23. The lowest BCUT2D eigenvalue weighted by Gasteiger charge is -2.23. The van der Waals surface area contributed by atoms with Crippen LogP contribution >= 0.6 is 0 Å². The minimum Gasteiger partial charge on any atom is -0.497 e. The lowest BCUT2D eigenvalue weighted by molar-refractivity contribution is -0.135. The molecule has 1 aliphatic rings. The van der Waals surface area contributed by atoms with Gasteiger partial charge in [0.05, 0.1) is 19.2 Å². The average Bonchev–Trinajstić information content (AvgIpc) is 3.35. The van der Waals surface area contributed by atoms with Gasteiger partial charge < -0.3 is 19.7 Å². The number of nitrogens with zero attached hydrogens (tertiary/aromatic N) is 1. The molecule has 0 aliphatic carbocycles. The number of methoxy groups -OCH3 is 1. The van der Waals surface area contributed by atoms with Gasteiger partial charge >= 0.3 is 0 Å². The number of Topliss-reactive ketones (excluding diaryl/α,β-unsaturated/α-hetero) is 1. The number of aromatic nitrogens is 1. The number of carbonyl (C=O) groups excluding carboxylic acids is 2. The highest BCUT2D eigenvalue weighted by atomic mass is 16.5. The van der Waals surface area contributed by atoms with E-state index in [0.29, 0.717) is 35.5 Å². The van der Waals surface area contributed by atoms with Gasteiger partial charge in [-0.15, -0.1) is 0 Å². The fourth-order valence-electron chi connectivity index (χ4n) is 4.60. The average molecular weight is 440 g/mol. The molecule has 2 heterocycles. The van der Waals surface area contributed by atoms with Crippen LogP contribution < -0.4 is 9.64 Å². The molecule has 0 spiro atoms. The number of hydrogen-bond donors (Lipinski definition) is 2. The minimum atomic E-state index is -1.91. The second-order valence-electron chi connectivity index (χ2n) is 8.28. The lowest BCUT2D eigenvalue weighted by atomic mass is 9.88. The number of aromatic amines is 1. The summed E-state index contributed by atoms with van der Waals surface area (Å²) in [5.41, 5.74) is 1.73. The zero-order valence-corrected chi connectivity index (χ0v) is 18.2. The van der Waals surface area contributed by atoms with E-state index in [1.807, 2.05) is 42.6 Å². The molecule has 0 saturated carbocycles. The largest absolute Gasteiger partial charge is 0.497 e. The van der Waals surface area contributed by atoms with Gasteiger partial charge in [-0.2, -0.15) is 0 Å². The fraction of sp³-hybridized carbons (Fsp3) is 0.185. The molecule has 33 heavy (non-hydrogen) atoms. The third-order valence-corrected chi connectivity index (χ3v) is 6.33. The van der Waals surface area contributed by atoms with Crippen molar-refractivity contribution < 1.29 is 19.4 Å². The molecule has 1 amide bonds. The first-order chi connectivity index (χ1) is 16.0. The number of anilines is 1. The van der Waals surface area contributed by atoms with E-state index >= 15 is 0 Å². The molecule has 1 aliphatic heterocycles. The summed E-state index contributed by atoms with van der Waals surface area (Å²) in [6, 6.07) is 21.9. The third-order valence-electron chi connectivity index (χ3n) is 6.33. The summed E-state index contributed by atoms with van der Waals surface area (Å²) >= 11 is 0. The van der Waals surface area contributed by atoms with Crippen LogP contribution in [0.4, 0.5) is 5.69 Å². The molecule has 1 unspecified atom stereocenters. The Hall–Kier alpha value is -3.90. The summed E-state index contributed by atoms with van der Waals surface area (Å²) < 4.78 is 5.20. The molecule has 1 atom stereocenters. The van der Waals surface area contributed by atoms with Gasteiger partial charge in [0.15, 0.2) is 11.4 Å². The van der Waals surface area contributed by atoms with Gasteiger partial charge in [0.25, 0.3) is 5.91 Å². The Morgan fingerprint density at radius 3 is 2.70 bits per heavy atom. The molecule has 5 rings (SSSR count). The highest BCUT2D eigenvalue weighted by Crippen LogP contribution is 2.43. The van der Waals surface area contributed by atoms with Crippen LogP contribution in [0.3, 0.4) is 0 Å². The number of carbonyl (C=O) groups is 2. The van der Waals surface area contributed by atoms with Gasteiger partial charge in [0, 0.05) is 34.8 Å². The van der Waals surface area contributed by atoms with Crippen molar-refractivity contribution >= 4 is 28.3 Å². The van der Waals surface area contributed by atoms with Crippen LogP contribution in [0.5, 0.6) is 5.75 Å². The van der Waals surface area contributed by atoms with Gasteiger partial charge in [-0.25, -0.2) is 0 Å². The normalized spacial score (nSPS) is 17.4. The maximum Gasteiger partial charge on any atom is 0.264 e. The Balaban J connectivity index is 1.42. The van der Waals surface area contributed by atoms with E-state index < -0.39 is 11.5 Å². The van der Waals surface area contributed by atoms with E-state index in [2.05, 4.69) is 4.98 Å². The van der Waals surface area contributed by atoms with Crippen molar-refractivity contribution in [3.63, 3.8) is 0 Å². The van der Waals surface area contributed by atoms with Gasteiger partial charge in [-0.3, -0.25) is 9.59 Å². The first-order valence-corrected chi connectivity index (χ1v) is 10.9. The van der Waals surface area contributed by atoms with Crippen LogP contribution in [-0.2, 0) is 16.8 Å². The number of ketones is 1. The van der Waals surface area contributed by atoms with E-state index in [4.69, 9.17) is 4.74 Å². The maximum absolute atomic E-state index is 13.5. The van der Waals surface area contributed by atoms with E-state index in [-0.39, 0.29) is 12.2 Å². The summed E-state index contributed by atoms with van der Waals surface area (Å²) in [4.78, 5) is 31.4. The number of rotatable bonds is 7. The van der Waals surface area contributed by atoms with Crippen molar-refractivity contribution in [2.24, 2.45) is 0 Å². The standard InChI is InChI=1S/C27H24N2O4/c1-33-20-8-6-7-18(15-20)25(30)16-27(32)22-10-3-5-12-24(22)29(26(27)31)14-13-19-17-28-23-11-4-2-9-21(19)23/h2-12,15,17,28,32H,13-14,16H2,1H3. The van der Waals surface area contributed by atoms with E-state index in [1.165, 1.54) is 7.11 Å². The summed E-state index contributed by atoms with van der Waals surface area (Å²) in [5, 5.41) is 12.6. The van der Waals surface area contributed by atoms with Crippen molar-refractivity contribution in [2.75, 3.05) is 18.6 Å². The van der Waals surface area contributed by atoms with Gasteiger partial charge in [0.1, 0.15) is 5.75 Å². The first-order valence-electron chi connectivity index (χ1n) is 10.9. The number of para-hydroxylation sites is 2. The molecule has 4 aromatic rings. The van der Waals surface area contributed by atoms with Gasteiger partial charge in [-0.05, 0) is 36.2 Å². The van der Waals surface area contributed by atoms with Crippen LogP contribution in [-0.4, -0.2) is 35.4 Å². The number of hydrogen-bond acceptors (Lipinski definition) is 4. The van der Waals surface area contributed by atoms with Gasteiger partial charge in [-0.1, -0.05) is 48.5 Å². The number of aliphatic hydroxyl groups is 1. The molecule has 6 nitrogen and oxygen atoms in total. The van der Waals surface area contributed by atoms with Crippen molar-refractivity contribution in [2.45, 2.75) is 18.4 Å². The Morgan fingerprint density at radius 1 is 1.06 bits per heavy atom. The Labute approximate surface area is 191 Å². The van der Waals surface area contributed by atoms with Crippen LogP contribution in [0, 0.1) is 0 Å². The summed E-state index contributed by atoms with van der Waals surface area (Å²) in [5.74, 6) is -0.246. The van der Waals surface area contributed by atoms with Crippen LogP contribution in [0.25, 0.3) is 10.9 Å². The number of nitrogens with one attached hydrogen (secondary N) is 1. The molecule has 6 heteroatoms. The number of benzene rings is 3. The molecule has 0 saturated heterocycles. The first kappa shape index (κ1) is 21.0. The smallest absolute Gasteiger partial charge is 0.264 e. The highest BCUT2D eigenvalue weighted by molar-refractivity contribution is 6.10. The van der Waals surface area contributed by atoms with E-state index in [0.717, 1.165) is 16.5 Å². The lowest BCUT2D eigenvalue weighted by Crippen LogP contribution is -2.42. The number of fused-ring (bicyclic) bond motifs is 2. The van der Waals surface area contributed by atoms with Crippen molar-refractivity contribution in [3.05, 3.63) is 95.7 Å².